The first-order valence-corrected chi connectivity index (χ1v) is 9.46. The molecule has 0 unspecified atom stereocenters. The highest BCUT2D eigenvalue weighted by molar-refractivity contribution is 7.89. The predicted molar refractivity (Wildman–Crippen MR) is 90.7 cm³/mol. The third-order valence-electron chi connectivity index (χ3n) is 5.07. The zero-order chi connectivity index (χ0) is 16.9. The molecule has 0 amide bonds. The molecule has 120 valence electrons. The lowest BCUT2D eigenvalue weighted by atomic mass is 10.0. The number of hydrogen-bond acceptors (Lipinski definition) is 2. The smallest absolute Gasteiger partial charge is 0.207 e. The number of rotatable bonds is 4. The maximum atomic E-state index is 13.2. The summed E-state index contributed by atoms with van der Waals surface area (Å²) in [5.74, 6) is 0.151. The molecule has 2 aliphatic rings. The molecule has 0 spiro atoms. The maximum Gasteiger partial charge on any atom is 0.243 e. The van der Waals surface area contributed by atoms with Gasteiger partial charge in [0, 0.05) is 13.5 Å². The molecule has 1 saturated heterocycles. The van der Waals surface area contributed by atoms with Crippen LogP contribution in [0.1, 0.15) is 25.3 Å². The van der Waals surface area contributed by atoms with Crippen molar-refractivity contribution in [2.45, 2.75) is 36.6 Å². The first kappa shape index (κ1) is 13.8. The number of aryl methyl sites for hydroxylation is 1. The first-order chi connectivity index (χ1) is 11.5. The van der Waals surface area contributed by atoms with Crippen LogP contribution in [-0.2, 0) is 16.4 Å². The molecule has 0 bridgehead atoms. The second-order valence-electron chi connectivity index (χ2n) is 6.61. The average molecular weight is 328 g/mol. The summed E-state index contributed by atoms with van der Waals surface area (Å²) in [6.07, 6.45) is 1.08. The van der Waals surface area contributed by atoms with E-state index in [9.17, 15) is 8.42 Å². The molecule has 2 aromatic rings. The predicted octanol–water partition coefficient (Wildman–Crippen LogP) is 3.39. The Bertz CT molecular complexity index is 851. The molecule has 1 saturated carbocycles. The number of piperidine rings is 1. The van der Waals surface area contributed by atoms with Gasteiger partial charge in [-0.3, -0.25) is 0 Å². The van der Waals surface area contributed by atoms with Gasteiger partial charge in [-0.2, -0.15) is 4.31 Å². The molecule has 0 aromatic heterocycles. The van der Waals surface area contributed by atoms with E-state index < -0.39 is 15.6 Å². The second-order valence-corrected chi connectivity index (χ2v) is 8.47. The standard InChI is InChI=1S/C19H21NO2S/c1-15-7-9-18(10-8-15)23(21,22)20-12-11-17-14-19(17,20)13-16-5-3-2-4-6-16/h2-10,17H,11-14H2,1H3/t17-,19+/m0/s1/i14D/t14-,17-,19+. The minimum absolute atomic E-state index is 0.151. The highest BCUT2D eigenvalue weighted by atomic mass is 32.2. The van der Waals surface area contributed by atoms with Crippen molar-refractivity contribution < 1.29 is 9.79 Å². The van der Waals surface area contributed by atoms with Crippen molar-refractivity contribution in [3.8, 4) is 0 Å². The van der Waals surface area contributed by atoms with E-state index in [-0.39, 0.29) is 12.3 Å². The Morgan fingerprint density at radius 1 is 1.17 bits per heavy atom. The van der Waals surface area contributed by atoms with Crippen LogP contribution < -0.4 is 0 Å². The molecule has 3 atom stereocenters. The minimum atomic E-state index is -3.56. The highest BCUT2D eigenvalue weighted by Gasteiger charge is 2.64. The summed E-state index contributed by atoms with van der Waals surface area (Å²) in [6, 6.07) is 16.9. The van der Waals surface area contributed by atoms with E-state index >= 15 is 0 Å². The lowest BCUT2D eigenvalue weighted by Crippen LogP contribution is -2.41. The first-order valence-electron chi connectivity index (χ1n) is 8.60. The van der Waals surface area contributed by atoms with Crippen LogP contribution in [-0.4, -0.2) is 24.8 Å². The molecule has 0 N–H and O–H groups in total. The van der Waals surface area contributed by atoms with Gasteiger partial charge in [0.1, 0.15) is 0 Å². The number of hydrogen-bond donors (Lipinski definition) is 0. The molecule has 1 aliphatic heterocycles. The Morgan fingerprint density at radius 3 is 2.52 bits per heavy atom. The Kier molecular flexibility index (Phi) is 3.10. The van der Waals surface area contributed by atoms with E-state index in [1.165, 1.54) is 0 Å². The summed E-state index contributed by atoms with van der Waals surface area (Å²) in [5.41, 5.74) is 1.57. The van der Waals surface area contributed by atoms with E-state index in [0.29, 0.717) is 17.9 Å². The summed E-state index contributed by atoms with van der Waals surface area (Å²) >= 11 is 0. The van der Waals surface area contributed by atoms with E-state index in [4.69, 9.17) is 1.37 Å². The second kappa shape index (κ2) is 5.18. The summed E-state index contributed by atoms with van der Waals surface area (Å²) in [7, 11) is -3.56. The van der Waals surface area contributed by atoms with Gasteiger partial charge in [-0.05, 0) is 49.8 Å². The highest BCUT2D eigenvalue weighted by Crippen LogP contribution is 2.58. The van der Waals surface area contributed by atoms with Crippen molar-refractivity contribution in [1.29, 1.82) is 0 Å². The molecule has 0 radical (unpaired) electrons. The molecule has 1 heterocycles. The molecular formula is C19H21NO2S. The van der Waals surface area contributed by atoms with Crippen molar-refractivity contribution in [2.75, 3.05) is 6.54 Å². The van der Waals surface area contributed by atoms with Crippen LogP contribution in [0.3, 0.4) is 0 Å². The molecule has 4 rings (SSSR count). The topological polar surface area (TPSA) is 37.4 Å². The van der Waals surface area contributed by atoms with E-state index in [1.54, 1.807) is 16.4 Å². The molecule has 23 heavy (non-hydrogen) atoms. The molecule has 4 heteroatoms. The van der Waals surface area contributed by atoms with Gasteiger partial charge < -0.3 is 0 Å². The van der Waals surface area contributed by atoms with Crippen LogP contribution in [0.5, 0.6) is 0 Å². The number of sulfonamides is 1. The van der Waals surface area contributed by atoms with Crippen molar-refractivity contribution in [2.24, 2.45) is 5.92 Å². The fourth-order valence-corrected chi connectivity index (χ4v) is 5.54. The van der Waals surface area contributed by atoms with Crippen LogP contribution in [0.4, 0.5) is 0 Å². The van der Waals surface area contributed by atoms with Gasteiger partial charge in [0.15, 0.2) is 0 Å². The summed E-state index contributed by atoms with van der Waals surface area (Å²) in [4.78, 5) is 0.334. The normalized spacial score (nSPS) is 30.7. The lowest BCUT2D eigenvalue weighted by Gasteiger charge is -2.28. The molecule has 2 aromatic carbocycles. The largest absolute Gasteiger partial charge is 0.243 e. The van der Waals surface area contributed by atoms with Crippen LogP contribution >= 0.6 is 0 Å². The Balaban J connectivity index is 1.71. The Labute approximate surface area is 139 Å². The van der Waals surface area contributed by atoms with Gasteiger partial charge in [0.25, 0.3) is 0 Å². The quantitative estimate of drug-likeness (QED) is 0.863. The van der Waals surface area contributed by atoms with Crippen molar-refractivity contribution in [3.63, 3.8) is 0 Å². The maximum absolute atomic E-state index is 13.2. The van der Waals surface area contributed by atoms with Crippen LogP contribution in [0.25, 0.3) is 0 Å². The van der Waals surface area contributed by atoms with E-state index in [1.807, 2.05) is 49.4 Å². The SMILES string of the molecule is [2H][C@H]1[C@@H]2CCN(S(=O)(=O)c3ccc(C)cc3)[C@]12Cc1ccccc1. The lowest BCUT2D eigenvalue weighted by molar-refractivity contribution is 0.336. The van der Waals surface area contributed by atoms with Gasteiger partial charge in [-0.1, -0.05) is 48.0 Å². The van der Waals surface area contributed by atoms with Crippen molar-refractivity contribution in [3.05, 3.63) is 65.7 Å². The van der Waals surface area contributed by atoms with Crippen molar-refractivity contribution in [1.82, 2.24) is 4.31 Å². The van der Waals surface area contributed by atoms with Gasteiger partial charge in [0.2, 0.25) is 10.0 Å². The summed E-state index contributed by atoms with van der Waals surface area (Å²) in [5, 5.41) is 0. The third-order valence-corrected chi connectivity index (χ3v) is 7.04. The van der Waals surface area contributed by atoms with Crippen molar-refractivity contribution >= 4 is 10.0 Å². The third kappa shape index (κ3) is 2.41. The number of nitrogens with zero attached hydrogens (tertiary/aromatic N) is 1. The molecular weight excluding hydrogens is 306 g/mol. The van der Waals surface area contributed by atoms with E-state index in [2.05, 4.69) is 0 Å². The average Bonchev–Trinajstić information content (AvgIpc) is 2.93. The number of fused-ring (bicyclic) bond motifs is 1. The van der Waals surface area contributed by atoms with Crippen LogP contribution in [0, 0.1) is 12.8 Å². The monoisotopic (exact) mass is 328 g/mol. The fraction of sp³-hybridized carbons (Fsp3) is 0.368. The minimum Gasteiger partial charge on any atom is -0.207 e. The van der Waals surface area contributed by atoms with Crippen LogP contribution in [0.2, 0.25) is 0 Å². The molecule has 1 aliphatic carbocycles. The van der Waals surface area contributed by atoms with Gasteiger partial charge in [-0.15, -0.1) is 0 Å². The summed E-state index contributed by atoms with van der Waals surface area (Å²) in [6.45, 7) is 2.46. The van der Waals surface area contributed by atoms with E-state index in [0.717, 1.165) is 17.5 Å². The Morgan fingerprint density at radius 2 is 1.87 bits per heavy atom. The zero-order valence-corrected chi connectivity index (χ0v) is 14.0. The van der Waals surface area contributed by atoms with Gasteiger partial charge in [-0.25, -0.2) is 8.42 Å². The van der Waals surface area contributed by atoms with Gasteiger partial charge >= 0.3 is 0 Å². The molecule has 3 nitrogen and oxygen atoms in total. The Hall–Kier alpha value is -1.65. The van der Waals surface area contributed by atoms with Crippen LogP contribution in [0.15, 0.2) is 59.5 Å². The zero-order valence-electron chi connectivity index (χ0n) is 14.1. The van der Waals surface area contributed by atoms with Gasteiger partial charge in [0.05, 0.1) is 4.90 Å². The number of benzene rings is 2. The molecule has 2 fully saturated rings. The summed E-state index contributed by atoms with van der Waals surface area (Å²) < 4.78 is 36.4. The fourth-order valence-electron chi connectivity index (χ4n) is 3.75.